The molecule has 122 valence electrons. The summed E-state index contributed by atoms with van der Waals surface area (Å²) in [7, 11) is 1.52. The van der Waals surface area contributed by atoms with Crippen molar-refractivity contribution in [3.05, 3.63) is 64.8 Å². The molecular weight excluding hydrogens is 328 g/mol. The Morgan fingerprint density at radius 1 is 1.00 bits per heavy atom. The third-order valence-electron chi connectivity index (χ3n) is 3.69. The molecule has 6 heteroatoms. The molecule has 5 nitrogen and oxygen atoms in total. The summed E-state index contributed by atoms with van der Waals surface area (Å²) in [5, 5.41) is 2.77. The molecule has 1 aliphatic rings. The molecule has 0 saturated carbocycles. The predicted octanol–water partition coefficient (Wildman–Crippen LogP) is 3.44. The van der Waals surface area contributed by atoms with E-state index in [0.717, 1.165) is 10.5 Å². The predicted molar refractivity (Wildman–Crippen MR) is 93.2 cm³/mol. The molecule has 0 bridgehead atoms. The number of carbonyl (C=O) groups is 2. The lowest BCUT2D eigenvalue weighted by Gasteiger charge is -2.16. The van der Waals surface area contributed by atoms with Crippen LogP contribution in [0.1, 0.15) is 5.56 Å². The first-order chi connectivity index (χ1) is 11.5. The number of aryl methyl sites for hydroxylation is 1. The van der Waals surface area contributed by atoms with E-state index >= 15 is 0 Å². The summed E-state index contributed by atoms with van der Waals surface area (Å²) in [6.45, 7) is 1.93. The van der Waals surface area contributed by atoms with Gasteiger partial charge < -0.3 is 10.1 Å². The minimum absolute atomic E-state index is 0.0340. The number of methoxy groups -OCH3 is 1. The number of para-hydroxylation sites is 2. The third-order valence-corrected chi connectivity index (χ3v) is 4.04. The molecule has 2 amide bonds. The summed E-state index contributed by atoms with van der Waals surface area (Å²) in [5.74, 6) is -0.508. The molecular formula is C18H15ClN2O3. The smallest absolute Gasteiger partial charge is 0.283 e. The minimum Gasteiger partial charge on any atom is -0.495 e. The number of halogens is 1. The zero-order chi connectivity index (χ0) is 17.3. The summed E-state index contributed by atoms with van der Waals surface area (Å²) in [6, 6.07) is 14.2. The Hall–Kier alpha value is -2.79. The molecule has 3 rings (SSSR count). The normalized spacial score (nSPS) is 14.4. The Balaban J connectivity index is 1.93. The number of anilines is 2. The molecule has 2 aromatic carbocycles. The van der Waals surface area contributed by atoms with Gasteiger partial charge in [0, 0.05) is 0 Å². The van der Waals surface area contributed by atoms with Crippen molar-refractivity contribution >= 4 is 34.8 Å². The number of imide groups is 1. The Morgan fingerprint density at radius 2 is 1.67 bits per heavy atom. The molecule has 0 fully saturated rings. The average Bonchev–Trinajstić information content (AvgIpc) is 2.80. The van der Waals surface area contributed by atoms with Crippen molar-refractivity contribution < 1.29 is 14.3 Å². The van der Waals surface area contributed by atoms with Gasteiger partial charge in [-0.1, -0.05) is 41.4 Å². The Bertz CT molecular complexity index is 844. The van der Waals surface area contributed by atoms with E-state index in [1.54, 1.807) is 36.4 Å². The molecule has 0 saturated heterocycles. The van der Waals surface area contributed by atoms with E-state index in [4.69, 9.17) is 16.3 Å². The fraction of sp³-hybridized carbons (Fsp3) is 0.111. The number of hydrogen-bond donors (Lipinski definition) is 1. The lowest BCUT2D eigenvalue weighted by Crippen LogP contribution is -2.32. The van der Waals surface area contributed by atoms with Crippen LogP contribution < -0.4 is 15.0 Å². The van der Waals surface area contributed by atoms with Crippen LogP contribution >= 0.6 is 11.6 Å². The van der Waals surface area contributed by atoms with E-state index in [2.05, 4.69) is 5.32 Å². The number of amides is 2. The highest BCUT2D eigenvalue weighted by Crippen LogP contribution is 2.32. The number of benzene rings is 2. The lowest BCUT2D eigenvalue weighted by atomic mass is 10.2. The van der Waals surface area contributed by atoms with Gasteiger partial charge in [0.15, 0.2) is 0 Å². The molecule has 2 aromatic rings. The summed E-state index contributed by atoms with van der Waals surface area (Å²) >= 11 is 6.11. The molecule has 24 heavy (non-hydrogen) atoms. The zero-order valence-electron chi connectivity index (χ0n) is 13.2. The first-order valence-electron chi connectivity index (χ1n) is 7.28. The molecule has 0 aromatic heterocycles. The van der Waals surface area contributed by atoms with Crippen LogP contribution in [0, 0.1) is 6.92 Å². The Labute approximate surface area is 144 Å². The fourth-order valence-electron chi connectivity index (χ4n) is 2.42. The van der Waals surface area contributed by atoms with E-state index in [9.17, 15) is 9.59 Å². The Morgan fingerprint density at radius 3 is 2.33 bits per heavy atom. The molecule has 1 aliphatic heterocycles. The van der Waals surface area contributed by atoms with Gasteiger partial charge in [0.2, 0.25) is 0 Å². The van der Waals surface area contributed by atoms with Crippen molar-refractivity contribution in [2.24, 2.45) is 0 Å². The Kier molecular flexibility index (Phi) is 4.27. The van der Waals surface area contributed by atoms with Crippen molar-refractivity contribution in [2.45, 2.75) is 6.92 Å². The summed E-state index contributed by atoms with van der Waals surface area (Å²) in [6.07, 6.45) is 0. The maximum Gasteiger partial charge on any atom is 0.283 e. The van der Waals surface area contributed by atoms with E-state index < -0.39 is 11.8 Å². The van der Waals surface area contributed by atoms with Gasteiger partial charge in [0.05, 0.1) is 18.5 Å². The van der Waals surface area contributed by atoms with Crippen LogP contribution in [0.5, 0.6) is 5.75 Å². The second-order valence-corrected chi connectivity index (χ2v) is 5.67. The first kappa shape index (κ1) is 16.1. The van der Waals surface area contributed by atoms with Crippen molar-refractivity contribution in [2.75, 3.05) is 17.3 Å². The quantitative estimate of drug-likeness (QED) is 0.865. The van der Waals surface area contributed by atoms with Crippen LogP contribution in [-0.2, 0) is 9.59 Å². The van der Waals surface area contributed by atoms with Crippen LogP contribution in [-0.4, -0.2) is 18.9 Å². The zero-order valence-corrected chi connectivity index (χ0v) is 13.9. The van der Waals surface area contributed by atoms with Crippen LogP contribution in [0.25, 0.3) is 0 Å². The number of hydrogen-bond acceptors (Lipinski definition) is 4. The van der Waals surface area contributed by atoms with Gasteiger partial charge >= 0.3 is 0 Å². The van der Waals surface area contributed by atoms with Gasteiger partial charge in [-0.2, -0.15) is 0 Å². The van der Waals surface area contributed by atoms with Crippen LogP contribution in [0.2, 0.25) is 0 Å². The minimum atomic E-state index is -0.553. The van der Waals surface area contributed by atoms with E-state index in [0.29, 0.717) is 17.1 Å². The topological polar surface area (TPSA) is 58.6 Å². The van der Waals surface area contributed by atoms with Crippen molar-refractivity contribution in [1.29, 1.82) is 0 Å². The van der Waals surface area contributed by atoms with Crippen molar-refractivity contribution in [3.8, 4) is 5.75 Å². The number of nitrogens with one attached hydrogen (secondary N) is 1. The van der Waals surface area contributed by atoms with Gasteiger partial charge in [-0.15, -0.1) is 0 Å². The second kappa shape index (κ2) is 6.37. The van der Waals surface area contributed by atoms with E-state index in [-0.39, 0.29) is 10.7 Å². The van der Waals surface area contributed by atoms with E-state index in [1.807, 2.05) is 19.1 Å². The number of rotatable bonds is 4. The lowest BCUT2D eigenvalue weighted by molar-refractivity contribution is -0.120. The SMILES string of the molecule is COc1ccccc1NC1=C(Cl)C(=O)N(c2ccc(C)cc2)C1=O. The maximum absolute atomic E-state index is 12.7. The number of carbonyl (C=O) groups excluding carboxylic acids is 2. The summed E-state index contributed by atoms with van der Waals surface area (Å²) < 4.78 is 5.24. The van der Waals surface area contributed by atoms with Crippen molar-refractivity contribution in [1.82, 2.24) is 0 Å². The molecule has 0 unspecified atom stereocenters. The monoisotopic (exact) mass is 342 g/mol. The number of nitrogens with zero attached hydrogens (tertiary/aromatic N) is 1. The van der Waals surface area contributed by atoms with E-state index in [1.165, 1.54) is 7.11 Å². The molecule has 0 atom stereocenters. The standard InChI is InChI=1S/C18H15ClN2O3/c1-11-7-9-12(10-8-11)21-17(22)15(19)16(18(21)23)20-13-5-3-4-6-14(13)24-2/h3-10,20H,1-2H3. The molecule has 0 radical (unpaired) electrons. The summed E-state index contributed by atoms with van der Waals surface area (Å²) in [4.78, 5) is 26.1. The van der Waals surface area contributed by atoms with Crippen LogP contribution in [0.15, 0.2) is 59.3 Å². The highest BCUT2D eigenvalue weighted by Gasteiger charge is 2.39. The van der Waals surface area contributed by atoms with Crippen LogP contribution in [0.4, 0.5) is 11.4 Å². The third kappa shape index (κ3) is 2.74. The van der Waals surface area contributed by atoms with Crippen molar-refractivity contribution in [3.63, 3.8) is 0 Å². The molecule has 0 spiro atoms. The molecule has 1 N–H and O–H groups in total. The average molecular weight is 343 g/mol. The van der Waals surface area contributed by atoms with Gasteiger partial charge in [0.25, 0.3) is 11.8 Å². The fourth-order valence-corrected chi connectivity index (χ4v) is 2.63. The highest BCUT2D eigenvalue weighted by atomic mass is 35.5. The summed E-state index contributed by atoms with van der Waals surface area (Å²) in [5.41, 5.74) is 2.10. The second-order valence-electron chi connectivity index (χ2n) is 5.30. The first-order valence-corrected chi connectivity index (χ1v) is 7.66. The molecule has 0 aliphatic carbocycles. The number of ether oxygens (including phenoxy) is 1. The van der Waals surface area contributed by atoms with Gasteiger partial charge in [0.1, 0.15) is 16.5 Å². The van der Waals surface area contributed by atoms with Gasteiger partial charge in [-0.25, -0.2) is 4.90 Å². The van der Waals surface area contributed by atoms with Gasteiger partial charge in [-0.05, 0) is 31.2 Å². The van der Waals surface area contributed by atoms with Gasteiger partial charge in [-0.3, -0.25) is 9.59 Å². The highest BCUT2D eigenvalue weighted by molar-refractivity contribution is 6.53. The molecule has 1 heterocycles. The maximum atomic E-state index is 12.7. The van der Waals surface area contributed by atoms with Crippen LogP contribution in [0.3, 0.4) is 0 Å². The largest absolute Gasteiger partial charge is 0.495 e.